The van der Waals surface area contributed by atoms with Gasteiger partial charge in [-0.25, -0.2) is 9.37 Å². The fourth-order valence-electron chi connectivity index (χ4n) is 3.04. The van der Waals surface area contributed by atoms with E-state index in [4.69, 9.17) is 21.1 Å². The summed E-state index contributed by atoms with van der Waals surface area (Å²) >= 11 is 7.42. The van der Waals surface area contributed by atoms with Gasteiger partial charge >= 0.3 is 0 Å². The van der Waals surface area contributed by atoms with Crippen molar-refractivity contribution in [3.05, 3.63) is 64.5 Å². The predicted molar refractivity (Wildman–Crippen MR) is 123 cm³/mol. The van der Waals surface area contributed by atoms with Crippen molar-refractivity contribution in [3.8, 4) is 22.8 Å². The van der Waals surface area contributed by atoms with Gasteiger partial charge in [0.15, 0.2) is 16.5 Å². The number of ether oxygens (including phenoxy) is 2. The molecule has 1 N–H and O–H groups in total. The molecule has 0 saturated carbocycles. The number of nitrogens with one attached hydrogen (secondary N) is 1. The molecule has 0 saturated heterocycles. The first-order valence-corrected chi connectivity index (χ1v) is 10.2. The van der Waals surface area contributed by atoms with Gasteiger partial charge in [0.1, 0.15) is 5.82 Å². The van der Waals surface area contributed by atoms with Crippen LogP contribution in [0.5, 0.6) is 11.5 Å². The van der Waals surface area contributed by atoms with E-state index in [-0.39, 0.29) is 29.8 Å². The highest BCUT2D eigenvalue weighted by atomic mass is 35.5. The zero-order valence-corrected chi connectivity index (χ0v) is 18.9. The number of fused-ring (bicyclic) bond motifs is 1. The topological polar surface area (TPSA) is 64.9 Å². The molecule has 10 heteroatoms. The summed E-state index contributed by atoms with van der Waals surface area (Å²) in [5.41, 5.74) is 2.78. The molecule has 0 bridgehead atoms. The molecule has 0 aliphatic heterocycles. The standard InChI is InChI=1S/C21H17ClFN3O3S.ClH/c1-28-18-6-3-12(7-19(18)29-2)17-10-26-14(11-30-21(26)25-17)9-20(27)24-16-5-4-13(23)8-15(16)22;/h3-8,10-11H,9H2,1-2H3,(H,24,27);1H. The van der Waals surface area contributed by atoms with Crippen molar-refractivity contribution < 1.29 is 18.7 Å². The summed E-state index contributed by atoms with van der Waals surface area (Å²) in [4.78, 5) is 17.9. The molecule has 0 atom stereocenters. The molecular weight excluding hydrogens is 464 g/mol. The second-order valence-electron chi connectivity index (χ2n) is 6.42. The molecule has 6 nitrogen and oxygen atoms in total. The lowest BCUT2D eigenvalue weighted by Crippen LogP contribution is -2.15. The van der Waals surface area contributed by atoms with Gasteiger partial charge < -0.3 is 14.8 Å². The summed E-state index contributed by atoms with van der Waals surface area (Å²) in [6.07, 6.45) is 2.00. The van der Waals surface area contributed by atoms with Crippen LogP contribution in [0.3, 0.4) is 0 Å². The van der Waals surface area contributed by atoms with E-state index in [2.05, 4.69) is 10.3 Å². The molecule has 0 aliphatic rings. The molecule has 4 rings (SSSR count). The summed E-state index contributed by atoms with van der Waals surface area (Å²) in [5.74, 6) is 0.532. The summed E-state index contributed by atoms with van der Waals surface area (Å²) < 4.78 is 25.7. The van der Waals surface area contributed by atoms with Crippen LogP contribution < -0.4 is 14.8 Å². The SMILES string of the molecule is COc1ccc(-c2cn3c(CC(=O)Nc4ccc(F)cc4Cl)csc3n2)cc1OC.Cl. The number of methoxy groups -OCH3 is 2. The Balaban J connectivity index is 0.00000272. The Hall–Kier alpha value is -2.81. The van der Waals surface area contributed by atoms with Gasteiger partial charge in [0.25, 0.3) is 0 Å². The van der Waals surface area contributed by atoms with Gasteiger partial charge in [0.05, 0.1) is 37.0 Å². The van der Waals surface area contributed by atoms with Crippen molar-refractivity contribution >= 4 is 51.9 Å². The van der Waals surface area contributed by atoms with Crippen LogP contribution >= 0.6 is 35.3 Å². The van der Waals surface area contributed by atoms with E-state index in [1.54, 1.807) is 14.2 Å². The first kappa shape index (κ1) is 22.9. The number of carbonyl (C=O) groups is 1. The van der Waals surface area contributed by atoms with E-state index in [1.807, 2.05) is 34.2 Å². The van der Waals surface area contributed by atoms with Gasteiger partial charge in [-0.05, 0) is 36.4 Å². The lowest BCUT2D eigenvalue weighted by atomic mass is 10.1. The highest BCUT2D eigenvalue weighted by Crippen LogP contribution is 2.33. The number of imidazole rings is 1. The zero-order chi connectivity index (χ0) is 21.3. The Kier molecular flexibility index (Phi) is 7.04. The first-order valence-electron chi connectivity index (χ1n) is 8.91. The van der Waals surface area contributed by atoms with E-state index in [1.165, 1.54) is 23.5 Å². The molecule has 0 radical (unpaired) electrons. The molecule has 0 unspecified atom stereocenters. The average molecular weight is 482 g/mol. The maximum absolute atomic E-state index is 13.2. The third kappa shape index (κ3) is 4.76. The van der Waals surface area contributed by atoms with Crippen molar-refractivity contribution in [3.63, 3.8) is 0 Å². The number of nitrogens with zero attached hydrogens (tertiary/aromatic N) is 2. The number of hydrogen-bond donors (Lipinski definition) is 1. The summed E-state index contributed by atoms with van der Waals surface area (Å²) in [6, 6.07) is 9.42. The van der Waals surface area contributed by atoms with E-state index in [9.17, 15) is 9.18 Å². The normalized spacial score (nSPS) is 10.6. The van der Waals surface area contributed by atoms with Crippen LogP contribution in [-0.2, 0) is 11.2 Å². The Morgan fingerprint density at radius 1 is 1.19 bits per heavy atom. The lowest BCUT2D eigenvalue weighted by molar-refractivity contribution is -0.115. The number of anilines is 1. The number of halogens is 3. The molecule has 0 aliphatic carbocycles. The van der Waals surface area contributed by atoms with Gasteiger partial charge in [0, 0.05) is 22.8 Å². The van der Waals surface area contributed by atoms with E-state index >= 15 is 0 Å². The van der Waals surface area contributed by atoms with Gasteiger partial charge in [-0.2, -0.15) is 0 Å². The van der Waals surface area contributed by atoms with Crippen LogP contribution in [0, 0.1) is 5.82 Å². The Bertz CT molecular complexity index is 1240. The number of thiazole rings is 1. The number of amides is 1. The molecule has 0 spiro atoms. The van der Waals surface area contributed by atoms with Gasteiger partial charge in [-0.1, -0.05) is 11.6 Å². The molecule has 1 amide bonds. The van der Waals surface area contributed by atoms with Crippen LogP contribution in [-0.4, -0.2) is 29.5 Å². The minimum absolute atomic E-state index is 0. The van der Waals surface area contributed by atoms with E-state index < -0.39 is 5.82 Å². The fourth-order valence-corrected chi connectivity index (χ4v) is 4.13. The fraction of sp³-hybridized carbons (Fsp3) is 0.143. The second-order valence-corrected chi connectivity index (χ2v) is 7.67. The minimum Gasteiger partial charge on any atom is -0.493 e. The monoisotopic (exact) mass is 481 g/mol. The third-order valence-electron chi connectivity index (χ3n) is 4.51. The summed E-state index contributed by atoms with van der Waals surface area (Å²) in [6.45, 7) is 0. The second kappa shape index (κ2) is 9.55. The van der Waals surface area contributed by atoms with Crippen LogP contribution in [0.25, 0.3) is 16.2 Å². The van der Waals surface area contributed by atoms with Gasteiger partial charge in [-0.15, -0.1) is 23.7 Å². The van der Waals surface area contributed by atoms with E-state index in [0.29, 0.717) is 17.2 Å². The first-order chi connectivity index (χ1) is 14.5. The number of hydrogen-bond acceptors (Lipinski definition) is 5. The number of rotatable bonds is 6. The Labute approximate surface area is 193 Å². The molecule has 2 heterocycles. The number of aromatic nitrogens is 2. The van der Waals surface area contributed by atoms with Crippen LogP contribution in [0.4, 0.5) is 10.1 Å². The predicted octanol–water partition coefficient (Wildman–Crippen LogP) is 5.48. The molecule has 31 heavy (non-hydrogen) atoms. The molecule has 4 aromatic rings. The molecule has 0 fully saturated rings. The molecule has 2 aromatic carbocycles. The van der Waals surface area contributed by atoms with Crippen LogP contribution in [0.1, 0.15) is 5.69 Å². The molecular formula is C21H18Cl2FN3O3S. The smallest absolute Gasteiger partial charge is 0.230 e. The Morgan fingerprint density at radius 2 is 1.97 bits per heavy atom. The highest BCUT2D eigenvalue weighted by Gasteiger charge is 2.15. The van der Waals surface area contributed by atoms with Crippen molar-refractivity contribution in [2.45, 2.75) is 6.42 Å². The minimum atomic E-state index is -0.460. The largest absolute Gasteiger partial charge is 0.493 e. The quantitative estimate of drug-likeness (QED) is 0.396. The summed E-state index contributed by atoms with van der Waals surface area (Å²) in [5, 5.41) is 4.74. The molecule has 2 aromatic heterocycles. The Morgan fingerprint density at radius 3 is 2.68 bits per heavy atom. The zero-order valence-electron chi connectivity index (χ0n) is 16.5. The van der Waals surface area contributed by atoms with Crippen LogP contribution in [0.2, 0.25) is 5.02 Å². The van der Waals surface area contributed by atoms with Crippen molar-refractivity contribution in [1.29, 1.82) is 0 Å². The number of benzene rings is 2. The third-order valence-corrected chi connectivity index (χ3v) is 5.71. The maximum atomic E-state index is 13.2. The highest BCUT2D eigenvalue weighted by molar-refractivity contribution is 7.15. The van der Waals surface area contributed by atoms with Crippen molar-refractivity contribution in [2.24, 2.45) is 0 Å². The van der Waals surface area contributed by atoms with Crippen LogP contribution in [0.15, 0.2) is 48.0 Å². The average Bonchev–Trinajstić information content (AvgIpc) is 3.31. The van der Waals surface area contributed by atoms with Crippen molar-refractivity contribution in [2.75, 3.05) is 19.5 Å². The maximum Gasteiger partial charge on any atom is 0.230 e. The van der Waals surface area contributed by atoms with Crippen molar-refractivity contribution in [1.82, 2.24) is 9.38 Å². The van der Waals surface area contributed by atoms with Gasteiger partial charge in [0.2, 0.25) is 5.91 Å². The lowest BCUT2D eigenvalue weighted by Gasteiger charge is -2.08. The summed E-state index contributed by atoms with van der Waals surface area (Å²) in [7, 11) is 3.16. The van der Waals surface area contributed by atoms with E-state index in [0.717, 1.165) is 28.0 Å². The molecule has 162 valence electrons. The number of carbonyl (C=O) groups excluding carboxylic acids is 1. The van der Waals surface area contributed by atoms with Gasteiger partial charge in [-0.3, -0.25) is 9.20 Å².